The minimum atomic E-state index is -4.38. The molecule has 1 aromatic rings. The van der Waals surface area contributed by atoms with E-state index in [1.807, 2.05) is 0 Å². The van der Waals surface area contributed by atoms with Crippen molar-refractivity contribution in [2.45, 2.75) is 37.4 Å². The largest absolute Gasteiger partial charge is 0.496 e. The van der Waals surface area contributed by atoms with Crippen molar-refractivity contribution in [3.05, 3.63) is 29.3 Å². The fourth-order valence-electron chi connectivity index (χ4n) is 2.52. The van der Waals surface area contributed by atoms with Gasteiger partial charge in [-0.2, -0.15) is 13.2 Å². The molecule has 100 valence electrons. The Morgan fingerprint density at radius 2 is 1.94 bits per heavy atom. The Labute approximate surface area is 104 Å². The zero-order chi connectivity index (χ0) is 13.6. The third kappa shape index (κ3) is 1.96. The zero-order valence-corrected chi connectivity index (χ0v) is 10.3. The average Bonchev–Trinajstić information content (AvgIpc) is 3.07. The van der Waals surface area contributed by atoms with Crippen molar-refractivity contribution >= 4 is 0 Å². The molecule has 0 amide bonds. The molecule has 1 fully saturated rings. The van der Waals surface area contributed by atoms with Gasteiger partial charge in [0.05, 0.1) is 12.7 Å². The van der Waals surface area contributed by atoms with Crippen LogP contribution in [0.25, 0.3) is 0 Å². The van der Waals surface area contributed by atoms with Gasteiger partial charge in [0.1, 0.15) is 5.75 Å². The van der Waals surface area contributed by atoms with Crippen molar-refractivity contribution in [2.24, 2.45) is 5.73 Å². The number of rotatable bonds is 3. The summed E-state index contributed by atoms with van der Waals surface area (Å²) in [6.07, 6.45) is -3.03. The van der Waals surface area contributed by atoms with Crippen LogP contribution in [0.3, 0.4) is 0 Å². The molecule has 18 heavy (non-hydrogen) atoms. The normalized spacial score (nSPS) is 19.4. The van der Waals surface area contributed by atoms with E-state index in [1.165, 1.54) is 13.2 Å². The molecule has 1 aliphatic carbocycles. The third-order valence-electron chi connectivity index (χ3n) is 3.71. The van der Waals surface area contributed by atoms with Gasteiger partial charge < -0.3 is 10.5 Å². The molecular formula is C13H16F3NO. The second-order valence-corrected chi connectivity index (χ2v) is 4.83. The third-order valence-corrected chi connectivity index (χ3v) is 3.71. The first-order chi connectivity index (χ1) is 8.33. The molecular weight excluding hydrogens is 243 g/mol. The molecule has 2 nitrogen and oxygen atoms in total. The molecule has 0 aliphatic heterocycles. The summed E-state index contributed by atoms with van der Waals surface area (Å²) in [6, 6.07) is 3.70. The number of alkyl halides is 3. The van der Waals surface area contributed by atoms with Gasteiger partial charge in [-0.15, -0.1) is 0 Å². The minimum Gasteiger partial charge on any atom is -0.496 e. The second-order valence-electron chi connectivity index (χ2n) is 4.83. The molecule has 1 unspecified atom stereocenters. The van der Waals surface area contributed by atoms with Crippen LogP contribution in [0.2, 0.25) is 0 Å². The molecule has 0 radical (unpaired) electrons. The Morgan fingerprint density at radius 1 is 1.33 bits per heavy atom. The molecule has 0 bridgehead atoms. The molecule has 1 atom stereocenters. The van der Waals surface area contributed by atoms with E-state index in [4.69, 9.17) is 10.5 Å². The highest BCUT2D eigenvalue weighted by molar-refractivity contribution is 5.51. The van der Waals surface area contributed by atoms with Gasteiger partial charge in [0.15, 0.2) is 0 Å². The summed E-state index contributed by atoms with van der Waals surface area (Å²) in [5, 5.41) is 0. The van der Waals surface area contributed by atoms with Crippen LogP contribution in [0.5, 0.6) is 5.75 Å². The quantitative estimate of drug-likeness (QED) is 0.905. The highest BCUT2D eigenvalue weighted by Crippen LogP contribution is 2.56. The van der Waals surface area contributed by atoms with Gasteiger partial charge in [-0.1, -0.05) is 6.07 Å². The van der Waals surface area contributed by atoms with Crippen molar-refractivity contribution in [3.8, 4) is 5.75 Å². The summed E-state index contributed by atoms with van der Waals surface area (Å²) in [6.45, 7) is 1.75. The van der Waals surface area contributed by atoms with Crippen molar-refractivity contribution in [1.82, 2.24) is 0 Å². The van der Waals surface area contributed by atoms with Gasteiger partial charge >= 0.3 is 6.18 Å². The average molecular weight is 259 g/mol. The van der Waals surface area contributed by atoms with E-state index in [-0.39, 0.29) is 17.4 Å². The first-order valence-corrected chi connectivity index (χ1v) is 5.83. The predicted octanol–water partition coefficient (Wildman–Crippen LogP) is 3.09. The molecule has 2 rings (SSSR count). The van der Waals surface area contributed by atoms with E-state index in [2.05, 4.69) is 0 Å². The van der Waals surface area contributed by atoms with Gasteiger partial charge in [0.25, 0.3) is 0 Å². The van der Waals surface area contributed by atoms with Crippen LogP contribution in [0.15, 0.2) is 18.2 Å². The lowest BCUT2D eigenvalue weighted by Gasteiger charge is -2.26. The van der Waals surface area contributed by atoms with E-state index in [9.17, 15) is 13.2 Å². The fraction of sp³-hybridized carbons (Fsp3) is 0.538. The zero-order valence-electron chi connectivity index (χ0n) is 10.3. The Bertz CT molecular complexity index is 450. The minimum absolute atomic E-state index is 0.218. The van der Waals surface area contributed by atoms with Crippen molar-refractivity contribution < 1.29 is 17.9 Å². The summed E-state index contributed by atoms with van der Waals surface area (Å²) < 4.78 is 44.4. The topological polar surface area (TPSA) is 35.2 Å². The van der Waals surface area contributed by atoms with Crippen LogP contribution in [0.4, 0.5) is 13.2 Å². The lowest BCUT2D eigenvalue weighted by molar-refractivity contribution is -0.138. The number of nitrogens with two attached hydrogens (primary N) is 1. The van der Waals surface area contributed by atoms with Gasteiger partial charge in [-0.3, -0.25) is 0 Å². The van der Waals surface area contributed by atoms with Crippen molar-refractivity contribution in [1.29, 1.82) is 0 Å². The summed E-state index contributed by atoms with van der Waals surface area (Å²) >= 11 is 0. The van der Waals surface area contributed by atoms with Crippen LogP contribution in [0.1, 0.15) is 30.9 Å². The molecule has 1 aromatic carbocycles. The van der Waals surface area contributed by atoms with Crippen molar-refractivity contribution in [3.63, 3.8) is 0 Å². The fourth-order valence-corrected chi connectivity index (χ4v) is 2.52. The predicted molar refractivity (Wildman–Crippen MR) is 62.6 cm³/mol. The Morgan fingerprint density at radius 3 is 2.33 bits per heavy atom. The smallest absolute Gasteiger partial charge is 0.416 e. The van der Waals surface area contributed by atoms with Crippen LogP contribution >= 0.6 is 0 Å². The van der Waals surface area contributed by atoms with E-state index >= 15 is 0 Å². The molecule has 0 aromatic heterocycles. The lowest BCUT2D eigenvalue weighted by atomic mass is 9.85. The molecule has 2 N–H and O–H groups in total. The highest BCUT2D eigenvalue weighted by atomic mass is 19.4. The summed E-state index contributed by atoms with van der Waals surface area (Å²) in [5.41, 5.74) is 4.88. The van der Waals surface area contributed by atoms with E-state index < -0.39 is 17.2 Å². The van der Waals surface area contributed by atoms with Gasteiger partial charge in [-0.25, -0.2) is 0 Å². The molecule has 1 aliphatic rings. The van der Waals surface area contributed by atoms with Crippen LogP contribution in [-0.4, -0.2) is 13.2 Å². The van der Waals surface area contributed by atoms with Gasteiger partial charge in [0.2, 0.25) is 0 Å². The molecule has 1 saturated carbocycles. The van der Waals surface area contributed by atoms with Gasteiger partial charge in [-0.05, 0) is 31.9 Å². The first-order valence-electron chi connectivity index (χ1n) is 5.83. The molecule has 0 heterocycles. The van der Waals surface area contributed by atoms with Crippen molar-refractivity contribution in [2.75, 3.05) is 7.11 Å². The standard InChI is InChI=1S/C13H16F3NO/c1-8(17)12(6-7-12)11-9(13(14,15)16)4-3-5-10(11)18-2/h3-5,8H,6-7,17H2,1-2H3. The van der Waals surface area contributed by atoms with E-state index in [1.54, 1.807) is 13.0 Å². The molecule has 5 heteroatoms. The number of halogens is 3. The number of ether oxygens (including phenoxy) is 1. The van der Waals surface area contributed by atoms with Crippen LogP contribution in [0, 0.1) is 0 Å². The lowest BCUT2D eigenvalue weighted by Crippen LogP contribution is -2.33. The maximum absolute atomic E-state index is 13.1. The highest BCUT2D eigenvalue weighted by Gasteiger charge is 2.53. The maximum atomic E-state index is 13.1. The number of methoxy groups -OCH3 is 1. The van der Waals surface area contributed by atoms with Crippen LogP contribution < -0.4 is 10.5 Å². The number of benzene rings is 1. The summed E-state index contributed by atoms with van der Waals surface area (Å²) in [7, 11) is 1.39. The van der Waals surface area contributed by atoms with E-state index in [0.29, 0.717) is 12.8 Å². The summed E-state index contributed by atoms with van der Waals surface area (Å²) in [4.78, 5) is 0. The second kappa shape index (κ2) is 4.16. The van der Waals surface area contributed by atoms with E-state index in [0.717, 1.165) is 6.07 Å². The Hall–Kier alpha value is -1.23. The monoisotopic (exact) mass is 259 g/mol. The number of hydrogen-bond acceptors (Lipinski definition) is 2. The van der Waals surface area contributed by atoms with Gasteiger partial charge in [0, 0.05) is 17.0 Å². The molecule has 0 spiro atoms. The maximum Gasteiger partial charge on any atom is 0.416 e. The molecule has 0 saturated heterocycles. The summed E-state index contributed by atoms with van der Waals surface area (Å²) in [5.74, 6) is 0.277. The number of hydrogen-bond donors (Lipinski definition) is 1. The Balaban J connectivity index is 2.63. The Kier molecular flexibility index (Phi) is 3.05. The van der Waals surface area contributed by atoms with Crippen LogP contribution in [-0.2, 0) is 11.6 Å². The first kappa shape index (κ1) is 13.2. The SMILES string of the molecule is COc1cccc(C(F)(F)F)c1C1(C(C)N)CC1.